The maximum Gasteiger partial charge on any atom is 0.0537 e. The molecule has 1 heterocycles. The zero-order valence-corrected chi connectivity index (χ0v) is 10.7. The summed E-state index contributed by atoms with van der Waals surface area (Å²) < 4.78 is 1.83. The van der Waals surface area contributed by atoms with Gasteiger partial charge in [0.15, 0.2) is 0 Å². The van der Waals surface area contributed by atoms with Gasteiger partial charge in [-0.3, -0.25) is 4.68 Å². The van der Waals surface area contributed by atoms with E-state index >= 15 is 0 Å². The van der Waals surface area contributed by atoms with E-state index in [1.54, 1.807) is 0 Å². The summed E-state index contributed by atoms with van der Waals surface area (Å²) in [5, 5.41) is 4.21. The summed E-state index contributed by atoms with van der Waals surface area (Å²) in [6, 6.07) is 8.82. The molecule has 3 heteroatoms. The van der Waals surface area contributed by atoms with E-state index in [1.807, 2.05) is 24.1 Å². The molecule has 2 atom stereocenters. The van der Waals surface area contributed by atoms with Gasteiger partial charge in [-0.15, -0.1) is 0 Å². The molecule has 0 aliphatic heterocycles. The Kier molecular flexibility index (Phi) is 2.92. The van der Waals surface area contributed by atoms with Crippen LogP contribution in [0, 0.1) is 5.92 Å². The van der Waals surface area contributed by atoms with Gasteiger partial charge in [-0.05, 0) is 36.3 Å². The van der Waals surface area contributed by atoms with Crippen molar-refractivity contribution in [2.45, 2.75) is 25.3 Å². The lowest BCUT2D eigenvalue weighted by atomic mass is 9.79. The average molecular weight is 241 g/mol. The molecular weight excluding hydrogens is 222 g/mol. The van der Waals surface area contributed by atoms with Crippen LogP contribution in [0.1, 0.15) is 29.2 Å². The average Bonchev–Trinajstić information content (AvgIpc) is 2.84. The first-order chi connectivity index (χ1) is 8.74. The van der Waals surface area contributed by atoms with Crippen LogP contribution in [0.4, 0.5) is 0 Å². The minimum atomic E-state index is 0.104. The number of rotatable bonds is 2. The quantitative estimate of drug-likeness (QED) is 0.876. The minimum absolute atomic E-state index is 0.104. The maximum absolute atomic E-state index is 6.39. The van der Waals surface area contributed by atoms with Crippen molar-refractivity contribution in [2.75, 3.05) is 0 Å². The number of nitrogens with two attached hydrogens (primary N) is 1. The number of hydrogen-bond acceptors (Lipinski definition) is 2. The highest BCUT2D eigenvalue weighted by atomic mass is 15.2. The van der Waals surface area contributed by atoms with Crippen molar-refractivity contribution >= 4 is 0 Å². The van der Waals surface area contributed by atoms with Crippen molar-refractivity contribution in [1.82, 2.24) is 9.78 Å². The largest absolute Gasteiger partial charge is 0.324 e. The van der Waals surface area contributed by atoms with E-state index in [0.717, 1.165) is 18.4 Å². The lowest BCUT2D eigenvalue weighted by Gasteiger charge is -2.28. The molecule has 0 bridgehead atoms. The molecule has 1 aliphatic rings. The first-order valence-corrected chi connectivity index (χ1v) is 6.55. The van der Waals surface area contributed by atoms with Crippen LogP contribution in [0.25, 0.3) is 0 Å². The van der Waals surface area contributed by atoms with Gasteiger partial charge >= 0.3 is 0 Å². The van der Waals surface area contributed by atoms with Crippen LogP contribution in [-0.4, -0.2) is 9.78 Å². The zero-order chi connectivity index (χ0) is 12.5. The third-order valence-electron chi connectivity index (χ3n) is 4.00. The molecule has 0 spiro atoms. The molecule has 94 valence electrons. The molecule has 0 saturated heterocycles. The van der Waals surface area contributed by atoms with E-state index in [0.29, 0.717) is 5.92 Å². The number of hydrogen-bond donors (Lipinski definition) is 1. The van der Waals surface area contributed by atoms with Crippen molar-refractivity contribution in [1.29, 1.82) is 0 Å². The van der Waals surface area contributed by atoms with Crippen LogP contribution in [0.2, 0.25) is 0 Å². The summed E-state index contributed by atoms with van der Waals surface area (Å²) >= 11 is 0. The van der Waals surface area contributed by atoms with Crippen molar-refractivity contribution < 1.29 is 0 Å². The van der Waals surface area contributed by atoms with Crippen LogP contribution in [0.5, 0.6) is 0 Å². The van der Waals surface area contributed by atoms with Gasteiger partial charge in [0, 0.05) is 24.8 Å². The number of benzene rings is 1. The summed E-state index contributed by atoms with van der Waals surface area (Å²) in [5.41, 5.74) is 10.5. The SMILES string of the molecule is Cn1cc(C(N)C2CCc3ccccc3C2)cn1. The van der Waals surface area contributed by atoms with Gasteiger partial charge in [-0.2, -0.15) is 5.10 Å². The van der Waals surface area contributed by atoms with E-state index in [2.05, 4.69) is 29.4 Å². The third kappa shape index (κ3) is 2.06. The van der Waals surface area contributed by atoms with E-state index in [4.69, 9.17) is 5.73 Å². The summed E-state index contributed by atoms with van der Waals surface area (Å²) in [6.45, 7) is 0. The first kappa shape index (κ1) is 11.5. The molecule has 0 amide bonds. The topological polar surface area (TPSA) is 43.8 Å². The molecule has 1 aromatic carbocycles. The highest BCUT2D eigenvalue weighted by Crippen LogP contribution is 2.32. The fraction of sp³-hybridized carbons (Fsp3) is 0.400. The van der Waals surface area contributed by atoms with E-state index < -0.39 is 0 Å². The standard InChI is InChI=1S/C15H19N3/c1-18-10-14(9-17-18)15(16)13-7-6-11-4-2-3-5-12(11)8-13/h2-5,9-10,13,15H,6-8,16H2,1H3. The summed E-state index contributed by atoms with van der Waals surface area (Å²) in [5.74, 6) is 0.532. The van der Waals surface area contributed by atoms with Crippen LogP contribution < -0.4 is 5.73 Å². The smallest absolute Gasteiger partial charge is 0.0537 e. The fourth-order valence-corrected chi connectivity index (χ4v) is 2.92. The second-order valence-electron chi connectivity index (χ2n) is 5.24. The van der Waals surface area contributed by atoms with Gasteiger partial charge in [-0.1, -0.05) is 24.3 Å². The van der Waals surface area contributed by atoms with Gasteiger partial charge < -0.3 is 5.73 Å². The Bertz CT molecular complexity index is 544. The first-order valence-electron chi connectivity index (χ1n) is 6.55. The molecule has 0 saturated carbocycles. The van der Waals surface area contributed by atoms with Crippen LogP contribution in [0.15, 0.2) is 36.7 Å². The fourth-order valence-electron chi connectivity index (χ4n) is 2.92. The molecule has 2 N–H and O–H groups in total. The number of fused-ring (bicyclic) bond motifs is 1. The van der Waals surface area contributed by atoms with Crippen LogP contribution >= 0.6 is 0 Å². The molecule has 0 fully saturated rings. The Balaban J connectivity index is 1.79. The third-order valence-corrected chi connectivity index (χ3v) is 4.00. The molecule has 2 aromatic rings. The molecule has 3 rings (SSSR count). The summed E-state index contributed by atoms with van der Waals surface area (Å²) in [6.07, 6.45) is 7.34. The normalized spacial score (nSPS) is 20.4. The highest BCUT2D eigenvalue weighted by Gasteiger charge is 2.25. The number of aromatic nitrogens is 2. The highest BCUT2D eigenvalue weighted by molar-refractivity contribution is 5.30. The molecule has 18 heavy (non-hydrogen) atoms. The Labute approximate surface area is 108 Å². The Hall–Kier alpha value is -1.61. The van der Waals surface area contributed by atoms with Crippen molar-refractivity contribution in [3.8, 4) is 0 Å². The number of nitrogens with zero attached hydrogens (tertiary/aromatic N) is 2. The van der Waals surface area contributed by atoms with Gasteiger partial charge in [0.05, 0.1) is 6.20 Å². The Morgan fingerprint density at radius 3 is 2.83 bits per heavy atom. The second-order valence-corrected chi connectivity index (χ2v) is 5.24. The van der Waals surface area contributed by atoms with Gasteiger partial charge in [0.1, 0.15) is 0 Å². The van der Waals surface area contributed by atoms with Crippen molar-refractivity contribution in [3.05, 3.63) is 53.3 Å². The van der Waals surface area contributed by atoms with E-state index in [9.17, 15) is 0 Å². The van der Waals surface area contributed by atoms with Crippen LogP contribution in [-0.2, 0) is 19.9 Å². The second kappa shape index (κ2) is 4.58. The van der Waals surface area contributed by atoms with Gasteiger partial charge in [0.2, 0.25) is 0 Å². The van der Waals surface area contributed by atoms with Gasteiger partial charge in [-0.25, -0.2) is 0 Å². The zero-order valence-electron chi connectivity index (χ0n) is 10.7. The van der Waals surface area contributed by atoms with Crippen molar-refractivity contribution in [3.63, 3.8) is 0 Å². The van der Waals surface area contributed by atoms with Gasteiger partial charge in [0.25, 0.3) is 0 Å². The monoisotopic (exact) mass is 241 g/mol. The summed E-state index contributed by atoms with van der Waals surface area (Å²) in [4.78, 5) is 0. The molecule has 3 nitrogen and oxygen atoms in total. The lowest BCUT2D eigenvalue weighted by Crippen LogP contribution is -2.26. The Morgan fingerprint density at radius 2 is 2.11 bits per heavy atom. The van der Waals surface area contributed by atoms with Crippen LogP contribution in [0.3, 0.4) is 0 Å². The molecule has 0 radical (unpaired) electrons. The molecular formula is C15H19N3. The van der Waals surface area contributed by atoms with E-state index in [-0.39, 0.29) is 6.04 Å². The Morgan fingerprint density at radius 1 is 1.33 bits per heavy atom. The molecule has 1 aromatic heterocycles. The lowest BCUT2D eigenvalue weighted by molar-refractivity contribution is 0.382. The predicted molar refractivity (Wildman–Crippen MR) is 72.1 cm³/mol. The molecule has 1 aliphatic carbocycles. The predicted octanol–water partition coefficient (Wildman–Crippen LogP) is 2.23. The molecule has 2 unspecified atom stereocenters. The van der Waals surface area contributed by atoms with E-state index in [1.165, 1.54) is 17.5 Å². The summed E-state index contributed by atoms with van der Waals surface area (Å²) in [7, 11) is 1.94. The maximum atomic E-state index is 6.39. The number of aryl methyl sites for hydroxylation is 2. The minimum Gasteiger partial charge on any atom is -0.324 e. The van der Waals surface area contributed by atoms with Crippen molar-refractivity contribution in [2.24, 2.45) is 18.7 Å².